The zero-order valence-electron chi connectivity index (χ0n) is 14.3. The van der Waals surface area contributed by atoms with Crippen LogP contribution in [0.2, 0.25) is 0 Å². The summed E-state index contributed by atoms with van der Waals surface area (Å²) in [5, 5.41) is 0. The fourth-order valence-corrected chi connectivity index (χ4v) is 2.50. The first-order valence-corrected chi connectivity index (χ1v) is 7.17. The third-order valence-corrected chi connectivity index (χ3v) is 3.60. The smallest absolute Gasteiger partial charge is 0.232 e. The highest BCUT2D eigenvalue weighted by Gasteiger charge is 2.20. The average Bonchev–Trinajstić information content (AvgIpc) is 2.76. The molecule has 0 saturated heterocycles. The molecule has 0 aromatic heterocycles. The van der Waals surface area contributed by atoms with Gasteiger partial charge < -0.3 is 23.7 Å². The van der Waals surface area contributed by atoms with Crippen LogP contribution in [0.1, 0.15) is 0 Å². The largest absolute Gasteiger partial charge is 0.493 e. The molecule has 2 aromatic carbocycles. The molecule has 0 amide bonds. The van der Waals surface area contributed by atoms with Crippen LogP contribution in [-0.4, -0.2) is 35.5 Å². The predicted octanol–water partition coefficient (Wildman–Crippen LogP) is 2.76. The summed E-state index contributed by atoms with van der Waals surface area (Å²) in [7, 11) is 7.41. The standard InChI is InChI=1S/C18H20O6/c1-20-13-8-6-7-12(16(13)22-3)11-9-10-14(21-2)17(23-4)18(24-5)15(11)19/h6-10H,1-5H3. The third-order valence-electron chi connectivity index (χ3n) is 3.60. The molecule has 0 bridgehead atoms. The van der Waals surface area contributed by atoms with E-state index in [2.05, 4.69) is 0 Å². The van der Waals surface area contributed by atoms with Gasteiger partial charge in [0.2, 0.25) is 16.9 Å². The molecule has 128 valence electrons. The predicted molar refractivity (Wildman–Crippen MR) is 90.9 cm³/mol. The van der Waals surface area contributed by atoms with Gasteiger partial charge in [-0.05, 0) is 18.2 Å². The summed E-state index contributed by atoms with van der Waals surface area (Å²) in [5.41, 5.74) is 0.619. The molecule has 0 fully saturated rings. The van der Waals surface area contributed by atoms with E-state index in [1.54, 1.807) is 30.3 Å². The van der Waals surface area contributed by atoms with E-state index < -0.39 is 0 Å². The van der Waals surface area contributed by atoms with Crippen LogP contribution < -0.4 is 29.1 Å². The van der Waals surface area contributed by atoms with Crippen LogP contribution in [0, 0.1) is 0 Å². The second kappa shape index (κ2) is 7.59. The summed E-state index contributed by atoms with van der Waals surface area (Å²) in [4.78, 5) is 13.0. The van der Waals surface area contributed by atoms with Crippen LogP contribution in [0.15, 0.2) is 35.1 Å². The first kappa shape index (κ1) is 17.5. The quantitative estimate of drug-likeness (QED) is 0.810. The lowest BCUT2D eigenvalue weighted by molar-refractivity contribution is 0.325. The van der Waals surface area contributed by atoms with Gasteiger partial charge in [-0.3, -0.25) is 4.79 Å². The molecule has 6 nitrogen and oxygen atoms in total. The van der Waals surface area contributed by atoms with Crippen LogP contribution in [0.25, 0.3) is 11.1 Å². The Kier molecular flexibility index (Phi) is 5.52. The fourth-order valence-electron chi connectivity index (χ4n) is 2.50. The number of hydrogen-bond donors (Lipinski definition) is 0. The zero-order valence-corrected chi connectivity index (χ0v) is 14.3. The van der Waals surface area contributed by atoms with Gasteiger partial charge in [0, 0.05) is 11.1 Å². The van der Waals surface area contributed by atoms with Gasteiger partial charge in [0.15, 0.2) is 17.2 Å². The van der Waals surface area contributed by atoms with Crippen LogP contribution in [0.5, 0.6) is 28.7 Å². The van der Waals surface area contributed by atoms with Crippen LogP contribution in [0.4, 0.5) is 0 Å². The summed E-state index contributed by atoms with van der Waals surface area (Å²) in [6.07, 6.45) is 0. The van der Waals surface area contributed by atoms with Crippen molar-refractivity contribution in [1.82, 2.24) is 0 Å². The van der Waals surface area contributed by atoms with Crippen molar-refractivity contribution in [3.8, 4) is 39.9 Å². The first-order valence-electron chi connectivity index (χ1n) is 7.17. The van der Waals surface area contributed by atoms with Crippen LogP contribution in [0.3, 0.4) is 0 Å². The number of rotatable bonds is 6. The Morgan fingerprint density at radius 2 is 1.17 bits per heavy atom. The maximum absolute atomic E-state index is 13.0. The Morgan fingerprint density at radius 3 is 1.71 bits per heavy atom. The van der Waals surface area contributed by atoms with Gasteiger partial charge in [-0.1, -0.05) is 12.1 Å². The van der Waals surface area contributed by atoms with Gasteiger partial charge in [0.1, 0.15) is 0 Å². The van der Waals surface area contributed by atoms with E-state index in [1.807, 2.05) is 0 Å². The Balaban J connectivity index is 2.87. The Bertz CT molecular complexity index is 785. The molecule has 0 aliphatic rings. The molecule has 0 radical (unpaired) electrons. The van der Waals surface area contributed by atoms with E-state index in [0.29, 0.717) is 28.4 Å². The fraction of sp³-hybridized carbons (Fsp3) is 0.278. The SMILES string of the molecule is COc1cccc(-c2ccc(OC)c(OC)c(OC)c2=O)c1OC. The van der Waals surface area contributed by atoms with Crippen molar-refractivity contribution in [3.05, 3.63) is 40.6 Å². The minimum Gasteiger partial charge on any atom is -0.493 e. The van der Waals surface area contributed by atoms with Crippen LogP contribution >= 0.6 is 0 Å². The Hall–Kier alpha value is -2.89. The van der Waals surface area contributed by atoms with E-state index in [4.69, 9.17) is 23.7 Å². The first-order chi connectivity index (χ1) is 11.6. The van der Waals surface area contributed by atoms with Gasteiger partial charge in [0.25, 0.3) is 0 Å². The number of benzene rings is 1. The highest BCUT2D eigenvalue weighted by Crippen LogP contribution is 2.39. The summed E-state index contributed by atoms with van der Waals surface area (Å²) >= 11 is 0. The maximum Gasteiger partial charge on any atom is 0.232 e. The minimum absolute atomic E-state index is 0.0548. The molecule has 0 N–H and O–H groups in total. The molecule has 0 atom stereocenters. The van der Waals surface area contributed by atoms with Crippen LogP contribution in [-0.2, 0) is 0 Å². The summed E-state index contributed by atoms with van der Waals surface area (Å²) in [6, 6.07) is 8.61. The molecule has 0 aliphatic carbocycles. The maximum atomic E-state index is 13.0. The number of hydrogen-bond acceptors (Lipinski definition) is 6. The Labute approximate surface area is 140 Å². The van der Waals surface area contributed by atoms with Gasteiger partial charge in [-0.15, -0.1) is 0 Å². The molecule has 0 unspecified atom stereocenters. The summed E-state index contributed by atoms with van der Waals surface area (Å²) in [5.74, 6) is 1.67. The normalized spacial score (nSPS) is 10.0. The van der Waals surface area contributed by atoms with Crippen molar-refractivity contribution in [3.63, 3.8) is 0 Å². The summed E-state index contributed by atoms with van der Waals surface area (Å²) in [6.45, 7) is 0. The van der Waals surface area contributed by atoms with Crippen molar-refractivity contribution in [1.29, 1.82) is 0 Å². The van der Waals surface area contributed by atoms with Gasteiger partial charge >= 0.3 is 0 Å². The second-order valence-corrected chi connectivity index (χ2v) is 4.75. The summed E-state index contributed by atoms with van der Waals surface area (Å²) < 4.78 is 26.6. The Morgan fingerprint density at radius 1 is 0.583 bits per heavy atom. The van der Waals surface area contributed by atoms with Crippen molar-refractivity contribution in [2.24, 2.45) is 0 Å². The molecule has 2 rings (SSSR count). The topological polar surface area (TPSA) is 63.2 Å². The molecule has 24 heavy (non-hydrogen) atoms. The molecular formula is C18H20O6. The average molecular weight is 332 g/mol. The lowest BCUT2D eigenvalue weighted by atomic mass is 10.1. The third kappa shape index (κ3) is 2.95. The molecule has 0 heterocycles. The van der Waals surface area contributed by atoms with Crippen molar-refractivity contribution in [2.45, 2.75) is 0 Å². The van der Waals surface area contributed by atoms with Gasteiger partial charge in [-0.2, -0.15) is 0 Å². The molecule has 2 aromatic rings. The minimum atomic E-state index is -0.343. The molecule has 0 saturated carbocycles. The van der Waals surface area contributed by atoms with Crippen molar-refractivity contribution >= 4 is 0 Å². The number of ether oxygens (including phenoxy) is 5. The lowest BCUT2D eigenvalue weighted by Crippen LogP contribution is -2.08. The number of methoxy groups -OCH3 is 5. The molecule has 0 aliphatic heterocycles. The molecular weight excluding hydrogens is 312 g/mol. The zero-order chi connectivity index (χ0) is 17.7. The van der Waals surface area contributed by atoms with E-state index in [1.165, 1.54) is 35.5 Å². The van der Waals surface area contributed by atoms with Gasteiger partial charge in [-0.25, -0.2) is 0 Å². The van der Waals surface area contributed by atoms with E-state index in [-0.39, 0.29) is 16.9 Å². The van der Waals surface area contributed by atoms with E-state index in [0.717, 1.165) is 0 Å². The highest BCUT2D eigenvalue weighted by atomic mass is 16.5. The van der Waals surface area contributed by atoms with E-state index >= 15 is 0 Å². The lowest BCUT2D eigenvalue weighted by Gasteiger charge is -2.12. The van der Waals surface area contributed by atoms with Crippen molar-refractivity contribution < 1.29 is 23.7 Å². The molecule has 6 heteroatoms. The highest BCUT2D eigenvalue weighted by molar-refractivity contribution is 5.75. The molecule has 0 spiro atoms. The van der Waals surface area contributed by atoms with E-state index in [9.17, 15) is 4.79 Å². The van der Waals surface area contributed by atoms with Crippen molar-refractivity contribution in [2.75, 3.05) is 35.5 Å². The van der Waals surface area contributed by atoms with Gasteiger partial charge in [0.05, 0.1) is 35.5 Å². The monoisotopic (exact) mass is 332 g/mol. The number of para-hydroxylation sites is 1. The second-order valence-electron chi connectivity index (χ2n) is 4.75.